The summed E-state index contributed by atoms with van der Waals surface area (Å²) < 4.78 is 0. The van der Waals surface area contributed by atoms with Crippen LogP contribution in [0.2, 0.25) is 0 Å². The van der Waals surface area contributed by atoms with E-state index in [1.54, 1.807) is 11.3 Å². The number of amides is 1. The molecule has 1 aliphatic heterocycles. The summed E-state index contributed by atoms with van der Waals surface area (Å²) in [5, 5.41) is 3.01. The highest BCUT2D eigenvalue weighted by atomic mass is 32.1. The Hall–Kier alpha value is -1.88. The molecule has 0 spiro atoms. The molecule has 3 rings (SSSR count). The van der Waals surface area contributed by atoms with Gasteiger partial charge in [-0.05, 0) is 49.4 Å². The summed E-state index contributed by atoms with van der Waals surface area (Å²) in [6, 6.07) is 6.14. The van der Waals surface area contributed by atoms with Gasteiger partial charge >= 0.3 is 0 Å². The molecule has 0 aromatic carbocycles. The van der Waals surface area contributed by atoms with Crippen LogP contribution in [-0.4, -0.2) is 24.0 Å². The minimum Gasteiger partial charge on any atom is -0.357 e. The second-order valence-electron chi connectivity index (χ2n) is 6.68. The van der Waals surface area contributed by atoms with Gasteiger partial charge in [0.25, 0.3) is 5.91 Å². The van der Waals surface area contributed by atoms with E-state index in [0.29, 0.717) is 6.54 Å². The summed E-state index contributed by atoms with van der Waals surface area (Å²) >= 11 is 1.59. The number of aromatic nitrogens is 1. The van der Waals surface area contributed by atoms with Crippen LogP contribution < -0.4 is 10.2 Å². The Bertz CT molecular complexity index is 700. The van der Waals surface area contributed by atoms with Crippen LogP contribution in [0.1, 0.15) is 58.3 Å². The van der Waals surface area contributed by atoms with E-state index in [9.17, 15) is 4.79 Å². The molecule has 4 nitrogen and oxygen atoms in total. The van der Waals surface area contributed by atoms with E-state index in [-0.39, 0.29) is 5.91 Å². The fraction of sp³-hybridized carbons (Fsp3) is 0.500. The first kappa shape index (κ1) is 17.9. The van der Waals surface area contributed by atoms with Crippen LogP contribution >= 0.6 is 11.3 Å². The molecule has 3 heterocycles. The molecule has 1 saturated heterocycles. The average Bonchev–Trinajstić information content (AvgIpc) is 2.84. The monoisotopic (exact) mass is 357 g/mol. The summed E-state index contributed by atoms with van der Waals surface area (Å²) in [5.41, 5.74) is 2.25. The van der Waals surface area contributed by atoms with Gasteiger partial charge < -0.3 is 10.2 Å². The molecular formula is C20H27N3OS. The number of carbonyl (C=O) groups is 1. The third kappa shape index (κ3) is 4.60. The van der Waals surface area contributed by atoms with E-state index in [0.717, 1.165) is 35.8 Å². The molecule has 1 N–H and O–H groups in total. The molecule has 1 fully saturated rings. The van der Waals surface area contributed by atoms with Crippen molar-refractivity contribution in [1.29, 1.82) is 0 Å². The maximum Gasteiger partial charge on any atom is 0.261 e. The Morgan fingerprint density at radius 3 is 2.60 bits per heavy atom. The Morgan fingerprint density at radius 1 is 1.24 bits per heavy atom. The Morgan fingerprint density at radius 2 is 2.00 bits per heavy atom. The number of anilines is 1. The lowest BCUT2D eigenvalue weighted by Crippen LogP contribution is -2.25. The quantitative estimate of drug-likeness (QED) is 0.866. The van der Waals surface area contributed by atoms with Crippen molar-refractivity contribution in [2.75, 3.05) is 18.0 Å². The predicted molar refractivity (Wildman–Crippen MR) is 105 cm³/mol. The molecule has 5 heteroatoms. The van der Waals surface area contributed by atoms with Crippen LogP contribution in [-0.2, 0) is 13.0 Å². The Kier molecular flexibility index (Phi) is 6.08. The number of hydrogen-bond donors (Lipinski definition) is 1. The van der Waals surface area contributed by atoms with Crippen molar-refractivity contribution in [1.82, 2.24) is 10.3 Å². The predicted octanol–water partition coefficient (Wildman–Crippen LogP) is 4.32. The molecule has 1 aliphatic rings. The molecule has 0 radical (unpaired) electrons. The summed E-state index contributed by atoms with van der Waals surface area (Å²) in [5.74, 6) is 1.06. The molecule has 1 amide bonds. The maximum atomic E-state index is 12.3. The molecule has 0 unspecified atom stereocenters. The van der Waals surface area contributed by atoms with Gasteiger partial charge in [0.15, 0.2) is 0 Å². The first-order valence-corrected chi connectivity index (χ1v) is 10.1. The molecular weight excluding hydrogens is 330 g/mol. The first-order valence-electron chi connectivity index (χ1n) is 9.24. The van der Waals surface area contributed by atoms with Crippen molar-refractivity contribution >= 4 is 23.1 Å². The van der Waals surface area contributed by atoms with Crippen molar-refractivity contribution in [3.05, 3.63) is 45.3 Å². The van der Waals surface area contributed by atoms with Gasteiger partial charge in [0, 0.05) is 30.7 Å². The van der Waals surface area contributed by atoms with E-state index in [2.05, 4.69) is 41.2 Å². The number of hydrogen-bond acceptors (Lipinski definition) is 4. The highest BCUT2D eigenvalue weighted by Crippen LogP contribution is 2.22. The van der Waals surface area contributed by atoms with E-state index in [1.807, 2.05) is 12.3 Å². The second-order valence-corrected chi connectivity index (χ2v) is 7.82. The topological polar surface area (TPSA) is 45.2 Å². The summed E-state index contributed by atoms with van der Waals surface area (Å²) in [4.78, 5) is 21.4. The molecule has 0 saturated carbocycles. The highest BCUT2D eigenvalue weighted by molar-refractivity contribution is 7.14. The summed E-state index contributed by atoms with van der Waals surface area (Å²) in [6.07, 6.45) is 8.01. The highest BCUT2D eigenvalue weighted by Gasteiger charge is 2.13. The largest absolute Gasteiger partial charge is 0.357 e. The van der Waals surface area contributed by atoms with Gasteiger partial charge in [-0.1, -0.05) is 25.8 Å². The zero-order valence-corrected chi connectivity index (χ0v) is 16.0. The van der Waals surface area contributed by atoms with Crippen LogP contribution in [0.15, 0.2) is 24.4 Å². The SMILES string of the molecule is CCc1sc(C(=O)NCc2ccc(N3CCCCCC3)nc2)cc1C. The molecule has 2 aromatic rings. The number of thiophene rings is 1. The fourth-order valence-electron chi connectivity index (χ4n) is 3.26. The van der Waals surface area contributed by atoms with Gasteiger partial charge in [0.05, 0.1) is 4.88 Å². The van der Waals surface area contributed by atoms with Crippen molar-refractivity contribution < 1.29 is 4.79 Å². The van der Waals surface area contributed by atoms with Crippen LogP contribution in [0.5, 0.6) is 0 Å². The normalized spacial score (nSPS) is 15.0. The average molecular weight is 358 g/mol. The van der Waals surface area contributed by atoms with Crippen LogP contribution in [0.4, 0.5) is 5.82 Å². The number of aryl methyl sites for hydroxylation is 2. The lowest BCUT2D eigenvalue weighted by atomic mass is 10.2. The standard InChI is InChI=1S/C20H27N3OS/c1-3-17-15(2)12-18(25-17)20(24)22-14-16-8-9-19(21-13-16)23-10-6-4-5-7-11-23/h8-9,12-13H,3-7,10-11,14H2,1-2H3,(H,22,24). The molecule has 0 atom stereocenters. The van der Waals surface area contributed by atoms with E-state index >= 15 is 0 Å². The van der Waals surface area contributed by atoms with Crippen molar-refractivity contribution in [3.63, 3.8) is 0 Å². The Labute approximate surface area is 154 Å². The number of pyridine rings is 1. The third-order valence-electron chi connectivity index (χ3n) is 4.76. The van der Waals surface area contributed by atoms with E-state index < -0.39 is 0 Å². The van der Waals surface area contributed by atoms with Gasteiger partial charge in [-0.25, -0.2) is 4.98 Å². The minimum atomic E-state index is 0.00407. The summed E-state index contributed by atoms with van der Waals surface area (Å²) in [7, 11) is 0. The smallest absolute Gasteiger partial charge is 0.261 e. The first-order chi connectivity index (χ1) is 12.2. The van der Waals surface area contributed by atoms with E-state index in [4.69, 9.17) is 0 Å². The number of nitrogens with zero attached hydrogens (tertiary/aromatic N) is 2. The van der Waals surface area contributed by atoms with Gasteiger partial charge in [-0.3, -0.25) is 4.79 Å². The zero-order chi connectivity index (χ0) is 17.6. The van der Waals surface area contributed by atoms with Crippen molar-refractivity contribution in [2.45, 2.75) is 52.5 Å². The molecule has 2 aromatic heterocycles. The fourth-order valence-corrected chi connectivity index (χ4v) is 4.29. The number of carbonyl (C=O) groups excluding carboxylic acids is 1. The van der Waals surface area contributed by atoms with Crippen molar-refractivity contribution in [3.8, 4) is 0 Å². The van der Waals surface area contributed by atoms with Crippen LogP contribution in [0.25, 0.3) is 0 Å². The number of nitrogens with one attached hydrogen (secondary N) is 1. The summed E-state index contributed by atoms with van der Waals surface area (Å²) in [6.45, 7) is 6.90. The zero-order valence-electron chi connectivity index (χ0n) is 15.2. The minimum absolute atomic E-state index is 0.00407. The second kappa shape index (κ2) is 8.48. The Balaban J connectivity index is 1.56. The van der Waals surface area contributed by atoms with Crippen molar-refractivity contribution in [2.24, 2.45) is 0 Å². The molecule has 134 valence electrons. The lowest BCUT2D eigenvalue weighted by molar-refractivity contribution is 0.0955. The molecule has 0 bridgehead atoms. The van der Waals surface area contributed by atoms with E-state index in [1.165, 1.54) is 36.1 Å². The maximum absolute atomic E-state index is 12.3. The van der Waals surface area contributed by atoms with Gasteiger partial charge in [-0.2, -0.15) is 0 Å². The molecule has 0 aliphatic carbocycles. The van der Waals surface area contributed by atoms with Gasteiger partial charge in [-0.15, -0.1) is 11.3 Å². The number of rotatable bonds is 5. The van der Waals surface area contributed by atoms with Gasteiger partial charge in [0.2, 0.25) is 0 Å². The lowest BCUT2D eigenvalue weighted by Gasteiger charge is -2.21. The third-order valence-corrected chi connectivity index (χ3v) is 6.14. The van der Waals surface area contributed by atoms with Crippen LogP contribution in [0.3, 0.4) is 0 Å². The molecule has 25 heavy (non-hydrogen) atoms. The van der Waals surface area contributed by atoms with Gasteiger partial charge in [0.1, 0.15) is 5.82 Å². The van der Waals surface area contributed by atoms with Crippen LogP contribution in [0, 0.1) is 6.92 Å².